The van der Waals surface area contributed by atoms with E-state index in [1.54, 1.807) is 6.08 Å². The number of aromatic nitrogens is 1. The molecule has 1 aliphatic carbocycles. The quantitative estimate of drug-likeness (QED) is 0.218. The summed E-state index contributed by atoms with van der Waals surface area (Å²) >= 11 is 1.50. The maximum Gasteiger partial charge on any atom is 0.264 e. The number of aliphatic hydroxyl groups excluding tert-OH is 1. The highest BCUT2D eigenvalue weighted by Crippen LogP contribution is 2.38. The lowest BCUT2D eigenvalue weighted by Gasteiger charge is -2.21. The van der Waals surface area contributed by atoms with E-state index in [-0.39, 0.29) is 22.9 Å². The molecule has 1 heterocycles. The normalized spacial score (nSPS) is 15.4. The van der Waals surface area contributed by atoms with Crippen LogP contribution in [-0.2, 0) is 21.5 Å². The third-order valence-corrected chi connectivity index (χ3v) is 7.49. The Hall–Kier alpha value is -3.01. The Bertz CT molecular complexity index is 1380. The Balaban J connectivity index is 1.64. The molecule has 1 aromatic heterocycles. The van der Waals surface area contributed by atoms with E-state index in [0.29, 0.717) is 30.5 Å². The monoisotopic (exact) mass is 485 g/mol. The number of Topliss-reactive ketones (excluding diaryl/α,β-unsaturated/α-hetero) is 1. The molecular weight excluding hydrogens is 460 g/mol. The van der Waals surface area contributed by atoms with E-state index < -0.39 is 10.1 Å². The van der Waals surface area contributed by atoms with Crippen molar-refractivity contribution < 1.29 is 27.4 Å². The number of nitrogens with zero attached hydrogens (tertiary/aromatic N) is 2. The molecule has 1 aliphatic rings. The summed E-state index contributed by atoms with van der Waals surface area (Å²) in [6, 6.07) is 15.2. The van der Waals surface area contributed by atoms with Gasteiger partial charge in [0.05, 0.1) is 16.9 Å². The molecule has 0 unspecified atom stereocenters. The van der Waals surface area contributed by atoms with E-state index in [2.05, 4.69) is 0 Å². The lowest BCUT2D eigenvalue weighted by atomic mass is 9.83. The number of fused-ring (bicyclic) bond motifs is 1. The average Bonchev–Trinajstić information content (AvgIpc) is 3.12. The molecule has 2 aromatic carbocycles. The summed E-state index contributed by atoms with van der Waals surface area (Å²) in [4.78, 5) is 14.9. The molecule has 33 heavy (non-hydrogen) atoms. The van der Waals surface area contributed by atoms with Gasteiger partial charge in [0, 0.05) is 38.3 Å². The maximum atomic E-state index is 12.9. The van der Waals surface area contributed by atoms with E-state index in [0.717, 1.165) is 20.9 Å². The fourth-order valence-electron chi connectivity index (χ4n) is 3.82. The number of anilines is 1. The van der Waals surface area contributed by atoms with Crippen LogP contribution in [0.5, 0.6) is 0 Å². The van der Waals surface area contributed by atoms with Crippen LogP contribution >= 0.6 is 11.3 Å². The lowest BCUT2D eigenvalue weighted by Crippen LogP contribution is -2.35. The largest absolute Gasteiger partial charge is 0.506 e. The molecule has 0 radical (unpaired) electrons. The Kier molecular flexibility index (Phi) is 6.38. The van der Waals surface area contributed by atoms with Crippen LogP contribution in [-0.4, -0.2) is 43.7 Å². The lowest BCUT2D eigenvalue weighted by molar-refractivity contribution is -0.669. The number of carbonyl (C=O) groups is 1. The van der Waals surface area contributed by atoms with Crippen LogP contribution in [0.3, 0.4) is 0 Å². The summed E-state index contributed by atoms with van der Waals surface area (Å²) in [5.74, 6) is -0.516. The number of rotatable bonds is 8. The van der Waals surface area contributed by atoms with Crippen molar-refractivity contribution >= 4 is 54.8 Å². The van der Waals surface area contributed by atoms with Crippen LogP contribution in [0.25, 0.3) is 21.9 Å². The SMILES string of the molecule is CN(C)c1ccc(C2=C(O)/C(=C/c3sc4ccccc4[n+]3CCCCS(=O)(=O)O)C2=O)cc1. The molecule has 172 valence electrons. The molecule has 4 rings (SSSR count). The Labute approximate surface area is 196 Å². The third kappa shape index (κ3) is 4.85. The van der Waals surface area contributed by atoms with Crippen molar-refractivity contribution in [2.24, 2.45) is 0 Å². The van der Waals surface area contributed by atoms with Gasteiger partial charge in [-0.15, -0.1) is 0 Å². The summed E-state index contributed by atoms with van der Waals surface area (Å²) in [6.07, 6.45) is 2.56. The molecule has 2 N–H and O–H groups in total. The second-order valence-corrected chi connectivity index (χ2v) is 10.7. The number of aryl methyl sites for hydroxylation is 1. The van der Waals surface area contributed by atoms with Crippen LogP contribution < -0.4 is 9.47 Å². The van der Waals surface area contributed by atoms with Gasteiger partial charge in [-0.3, -0.25) is 9.35 Å². The average molecular weight is 486 g/mol. The van der Waals surface area contributed by atoms with E-state index >= 15 is 0 Å². The van der Waals surface area contributed by atoms with Gasteiger partial charge < -0.3 is 10.0 Å². The van der Waals surface area contributed by atoms with Gasteiger partial charge in [0.25, 0.3) is 15.1 Å². The third-order valence-electron chi connectivity index (χ3n) is 5.57. The molecule has 0 saturated carbocycles. The van der Waals surface area contributed by atoms with Crippen molar-refractivity contribution in [3.63, 3.8) is 0 Å². The van der Waals surface area contributed by atoms with E-state index in [1.807, 2.05) is 72.1 Å². The number of aliphatic hydroxyl groups is 1. The zero-order valence-corrected chi connectivity index (χ0v) is 20.0. The van der Waals surface area contributed by atoms with Gasteiger partial charge in [0.2, 0.25) is 11.3 Å². The smallest absolute Gasteiger partial charge is 0.264 e. The molecule has 0 spiro atoms. The van der Waals surface area contributed by atoms with Crippen LogP contribution in [0.1, 0.15) is 23.4 Å². The fourth-order valence-corrected chi connectivity index (χ4v) is 5.52. The van der Waals surface area contributed by atoms with Gasteiger partial charge in [-0.2, -0.15) is 13.0 Å². The number of unbranched alkanes of at least 4 members (excludes halogenated alkanes) is 1. The van der Waals surface area contributed by atoms with Gasteiger partial charge in [-0.25, -0.2) is 0 Å². The fraction of sp³-hybridized carbons (Fsp3) is 0.250. The van der Waals surface area contributed by atoms with Crippen molar-refractivity contribution in [2.45, 2.75) is 19.4 Å². The molecule has 0 aliphatic heterocycles. The minimum absolute atomic E-state index is 0.0204. The summed E-state index contributed by atoms with van der Waals surface area (Å²) in [7, 11) is -0.122. The van der Waals surface area contributed by atoms with Crippen molar-refractivity contribution in [1.29, 1.82) is 0 Å². The first-order chi connectivity index (χ1) is 15.7. The number of allylic oxidation sites excluding steroid dienone is 2. The number of carbonyl (C=O) groups excluding carboxylic acids is 1. The van der Waals surface area contributed by atoms with Crippen molar-refractivity contribution in [3.05, 3.63) is 70.4 Å². The number of para-hydroxylation sites is 1. The van der Waals surface area contributed by atoms with Gasteiger partial charge >= 0.3 is 0 Å². The van der Waals surface area contributed by atoms with E-state index in [9.17, 15) is 18.3 Å². The van der Waals surface area contributed by atoms with Crippen molar-refractivity contribution in [1.82, 2.24) is 0 Å². The predicted molar refractivity (Wildman–Crippen MR) is 131 cm³/mol. The first-order valence-corrected chi connectivity index (χ1v) is 12.9. The van der Waals surface area contributed by atoms with Gasteiger partial charge in [-0.1, -0.05) is 35.6 Å². The van der Waals surface area contributed by atoms with E-state index in [1.165, 1.54) is 11.3 Å². The topological polar surface area (TPSA) is 98.8 Å². The second-order valence-electron chi connectivity index (χ2n) is 8.10. The molecule has 0 atom stereocenters. The summed E-state index contributed by atoms with van der Waals surface area (Å²) < 4.78 is 34.0. The first-order valence-electron chi connectivity index (χ1n) is 10.5. The summed E-state index contributed by atoms with van der Waals surface area (Å²) in [6.45, 7) is 0.524. The van der Waals surface area contributed by atoms with Gasteiger partial charge in [-0.05, 0) is 30.2 Å². The Morgan fingerprint density at radius 1 is 1.06 bits per heavy atom. The second kappa shape index (κ2) is 9.09. The van der Waals surface area contributed by atoms with Crippen LogP contribution in [0.2, 0.25) is 0 Å². The minimum atomic E-state index is -3.99. The van der Waals surface area contributed by atoms with Gasteiger partial charge in [0.15, 0.2) is 6.54 Å². The molecule has 0 saturated heterocycles. The molecule has 0 fully saturated rings. The van der Waals surface area contributed by atoms with Crippen LogP contribution in [0.15, 0.2) is 59.9 Å². The first kappa shape index (κ1) is 23.2. The molecular formula is C24H25N2O5S2+. The molecule has 0 bridgehead atoms. The highest BCUT2D eigenvalue weighted by atomic mass is 32.2. The van der Waals surface area contributed by atoms with Crippen molar-refractivity contribution in [2.75, 3.05) is 24.7 Å². The molecule has 7 nitrogen and oxygen atoms in total. The van der Waals surface area contributed by atoms with E-state index in [4.69, 9.17) is 4.55 Å². The summed E-state index contributed by atoms with van der Waals surface area (Å²) in [5, 5.41) is 11.5. The van der Waals surface area contributed by atoms with Crippen LogP contribution in [0, 0.1) is 0 Å². The minimum Gasteiger partial charge on any atom is -0.506 e. The highest BCUT2D eigenvalue weighted by molar-refractivity contribution is 7.85. The van der Waals surface area contributed by atoms with Crippen LogP contribution in [0.4, 0.5) is 5.69 Å². The Morgan fingerprint density at radius 2 is 1.76 bits per heavy atom. The maximum absolute atomic E-state index is 12.9. The van der Waals surface area contributed by atoms with Crippen molar-refractivity contribution in [3.8, 4) is 0 Å². The van der Waals surface area contributed by atoms with Gasteiger partial charge in [0.1, 0.15) is 10.5 Å². The molecule has 9 heteroatoms. The standard InChI is InChI=1S/C24H24N2O5S2/c1-25(2)17-11-9-16(10-12-17)22-23(27)18(24(22)28)15-21-26(13-5-6-14-33(29,30)31)19-7-3-4-8-20(19)32-21/h3-4,7-12,15H,5-6,13-14H2,1-2H3,(H-,27,28,29,30,31)/p+1. The zero-order chi connectivity index (χ0) is 23.8. The molecule has 0 amide bonds. The number of ketones is 1. The Morgan fingerprint density at radius 3 is 2.39 bits per heavy atom. The summed E-state index contributed by atoms with van der Waals surface area (Å²) in [5.41, 5.74) is 3.22. The molecule has 3 aromatic rings. The number of hydrogen-bond donors (Lipinski definition) is 2. The number of thiazole rings is 1. The predicted octanol–water partition coefficient (Wildman–Crippen LogP) is 3.86. The zero-order valence-electron chi connectivity index (χ0n) is 18.4. The number of benzene rings is 2. The highest BCUT2D eigenvalue weighted by Gasteiger charge is 2.36. The number of hydrogen-bond acceptors (Lipinski definition) is 6.